The van der Waals surface area contributed by atoms with Crippen LogP contribution in [0.15, 0.2) is 18.5 Å². The number of thiazole rings is 1. The molecule has 1 N–H and O–H groups in total. The van der Waals surface area contributed by atoms with Crippen LogP contribution in [0.1, 0.15) is 66.9 Å². The zero-order chi connectivity index (χ0) is 26.8. The topological polar surface area (TPSA) is 80.2 Å². The number of amides is 1. The summed E-state index contributed by atoms with van der Waals surface area (Å²) in [6.45, 7) is 3.31. The molecule has 1 amide bonds. The van der Waals surface area contributed by atoms with Crippen LogP contribution in [0.5, 0.6) is 5.19 Å². The summed E-state index contributed by atoms with van der Waals surface area (Å²) in [6.07, 6.45) is 11.5. The standard InChI is InChI=1S/C27H34F3N5O2S/c1-19-31-16-20(17-32-19)2-3-23(36)34-26-9-6-25(7-10-26,8-11-26)12-15-35-13-4-21-22(5-14-35)38-24(33-21)37-18-27(28,29)30/h2-3,16-17H,4-15,18H2,1H3,(H,34,36)/b3-2+. The van der Waals surface area contributed by atoms with Crippen molar-refractivity contribution in [1.82, 2.24) is 25.2 Å². The van der Waals surface area contributed by atoms with Crippen LogP contribution < -0.4 is 10.1 Å². The molecule has 0 saturated heterocycles. The van der Waals surface area contributed by atoms with E-state index in [-0.39, 0.29) is 16.6 Å². The Morgan fingerprint density at radius 2 is 1.82 bits per heavy atom. The molecule has 1 aliphatic heterocycles. The van der Waals surface area contributed by atoms with E-state index >= 15 is 0 Å². The molecule has 4 aliphatic rings. The summed E-state index contributed by atoms with van der Waals surface area (Å²) in [5, 5.41) is 3.43. The molecule has 2 aromatic rings. The van der Waals surface area contributed by atoms with Crippen LogP contribution in [0.2, 0.25) is 0 Å². The molecule has 3 fully saturated rings. The summed E-state index contributed by atoms with van der Waals surface area (Å²) in [5.41, 5.74) is 1.94. The summed E-state index contributed by atoms with van der Waals surface area (Å²) in [5.74, 6) is 0.646. The minimum atomic E-state index is -4.35. The largest absolute Gasteiger partial charge is 0.460 e. The molecule has 3 heterocycles. The van der Waals surface area contributed by atoms with Crippen LogP contribution in [0.25, 0.3) is 6.08 Å². The quantitative estimate of drug-likeness (QED) is 0.472. The first-order chi connectivity index (χ1) is 18.1. The lowest BCUT2D eigenvalue weighted by Crippen LogP contribution is -2.56. The molecule has 6 rings (SSSR count). The number of halogens is 3. The third-order valence-electron chi connectivity index (χ3n) is 8.41. The maximum Gasteiger partial charge on any atom is 0.422 e. The highest BCUT2D eigenvalue weighted by atomic mass is 32.1. The molecule has 0 atom stereocenters. The molecule has 0 aromatic carbocycles. The van der Waals surface area contributed by atoms with E-state index in [1.807, 2.05) is 6.92 Å². The number of rotatable bonds is 8. The van der Waals surface area contributed by atoms with E-state index in [1.54, 1.807) is 24.5 Å². The molecule has 0 spiro atoms. The summed E-state index contributed by atoms with van der Waals surface area (Å²) >= 11 is 1.25. The predicted octanol–water partition coefficient (Wildman–Crippen LogP) is 4.90. The van der Waals surface area contributed by atoms with Crippen LogP contribution in [0.3, 0.4) is 0 Å². The average Bonchev–Trinajstić information content (AvgIpc) is 3.19. The third kappa shape index (κ3) is 6.72. The van der Waals surface area contributed by atoms with E-state index in [2.05, 4.69) is 25.2 Å². The van der Waals surface area contributed by atoms with Crippen molar-refractivity contribution in [1.29, 1.82) is 0 Å². The smallest absolute Gasteiger partial charge is 0.422 e. The van der Waals surface area contributed by atoms with Crippen LogP contribution >= 0.6 is 11.3 Å². The molecule has 7 nitrogen and oxygen atoms in total. The lowest BCUT2D eigenvalue weighted by molar-refractivity contribution is -0.153. The predicted molar refractivity (Wildman–Crippen MR) is 139 cm³/mol. The Kier molecular flexibility index (Phi) is 7.77. The summed E-state index contributed by atoms with van der Waals surface area (Å²) in [4.78, 5) is 28.8. The number of carbonyl (C=O) groups excluding carboxylic acids is 1. The van der Waals surface area contributed by atoms with Gasteiger partial charge in [0, 0.05) is 54.0 Å². The number of alkyl halides is 3. The molecular weight excluding hydrogens is 515 g/mol. The Balaban J connectivity index is 1.07. The summed E-state index contributed by atoms with van der Waals surface area (Å²) in [7, 11) is 0. The van der Waals surface area contributed by atoms with Gasteiger partial charge in [0.25, 0.3) is 5.19 Å². The number of ether oxygens (including phenoxy) is 1. The van der Waals surface area contributed by atoms with Crippen molar-refractivity contribution in [2.75, 3.05) is 26.2 Å². The monoisotopic (exact) mass is 549 g/mol. The van der Waals surface area contributed by atoms with Crippen molar-refractivity contribution >= 4 is 23.3 Å². The van der Waals surface area contributed by atoms with Crippen molar-refractivity contribution in [2.45, 2.75) is 76.4 Å². The second-order valence-corrected chi connectivity index (χ2v) is 12.1. The number of nitrogens with one attached hydrogen (secondary N) is 1. The van der Waals surface area contributed by atoms with E-state index in [0.717, 1.165) is 93.6 Å². The Morgan fingerprint density at radius 3 is 2.50 bits per heavy atom. The van der Waals surface area contributed by atoms with Crippen LogP contribution in [-0.2, 0) is 17.6 Å². The third-order valence-corrected chi connectivity index (χ3v) is 9.48. The maximum atomic E-state index is 12.6. The lowest BCUT2D eigenvalue weighted by Gasteiger charge is -2.54. The molecule has 0 radical (unpaired) electrons. The second-order valence-electron chi connectivity index (χ2n) is 11.0. The van der Waals surface area contributed by atoms with Gasteiger partial charge in [0.2, 0.25) is 5.91 Å². The van der Waals surface area contributed by atoms with E-state index in [0.29, 0.717) is 11.2 Å². The molecule has 0 unspecified atom stereocenters. The Hall–Kier alpha value is -2.53. The number of fused-ring (bicyclic) bond motifs is 4. The van der Waals surface area contributed by atoms with E-state index in [9.17, 15) is 18.0 Å². The van der Waals surface area contributed by atoms with Crippen molar-refractivity contribution in [3.05, 3.63) is 40.4 Å². The fourth-order valence-corrected chi connectivity index (χ4v) is 6.94. The molecule has 3 saturated carbocycles. The van der Waals surface area contributed by atoms with Gasteiger partial charge in [-0.25, -0.2) is 15.0 Å². The zero-order valence-electron chi connectivity index (χ0n) is 21.6. The highest BCUT2D eigenvalue weighted by Gasteiger charge is 2.48. The molecule has 206 valence electrons. The minimum absolute atomic E-state index is 0.0578. The van der Waals surface area contributed by atoms with Crippen molar-refractivity contribution in [3.8, 4) is 5.19 Å². The normalized spacial score (nSPS) is 25.8. The van der Waals surface area contributed by atoms with Gasteiger partial charge in [0.15, 0.2) is 6.61 Å². The van der Waals surface area contributed by atoms with Gasteiger partial charge >= 0.3 is 6.18 Å². The molecule has 2 bridgehead atoms. The maximum absolute atomic E-state index is 12.6. The molecule has 11 heteroatoms. The van der Waals surface area contributed by atoms with Crippen LogP contribution in [-0.4, -0.2) is 63.7 Å². The van der Waals surface area contributed by atoms with Crippen molar-refractivity contribution in [2.24, 2.45) is 5.41 Å². The summed E-state index contributed by atoms with van der Waals surface area (Å²) in [6, 6.07) is 0. The first kappa shape index (κ1) is 27.1. The zero-order valence-corrected chi connectivity index (χ0v) is 22.5. The van der Waals surface area contributed by atoms with E-state index in [1.165, 1.54) is 11.3 Å². The number of aryl methyl sites for hydroxylation is 1. The van der Waals surface area contributed by atoms with Crippen molar-refractivity contribution < 1.29 is 22.7 Å². The van der Waals surface area contributed by atoms with Gasteiger partial charge in [-0.15, -0.1) is 0 Å². The average molecular weight is 550 g/mol. The fraction of sp³-hybridized carbons (Fsp3) is 0.630. The van der Waals surface area contributed by atoms with E-state index < -0.39 is 12.8 Å². The highest BCUT2D eigenvalue weighted by Crippen LogP contribution is 2.54. The van der Waals surface area contributed by atoms with Crippen molar-refractivity contribution in [3.63, 3.8) is 0 Å². The number of carbonyl (C=O) groups is 1. The van der Waals surface area contributed by atoms with Gasteiger partial charge in [0.05, 0.1) is 5.69 Å². The molecular formula is C27H34F3N5O2S. The van der Waals surface area contributed by atoms with Crippen LogP contribution in [0.4, 0.5) is 13.2 Å². The Bertz CT molecular complexity index is 1110. The number of nitrogens with zero attached hydrogens (tertiary/aromatic N) is 4. The van der Waals surface area contributed by atoms with Gasteiger partial charge in [-0.2, -0.15) is 13.2 Å². The van der Waals surface area contributed by atoms with Gasteiger partial charge < -0.3 is 15.0 Å². The Labute approximate surface area is 224 Å². The van der Waals surface area contributed by atoms with Gasteiger partial charge in [0.1, 0.15) is 5.82 Å². The van der Waals surface area contributed by atoms with E-state index in [4.69, 9.17) is 4.74 Å². The number of hydrogen-bond donors (Lipinski definition) is 1. The second kappa shape index (κ2) is 10.9. The summed E-state index contributed by atoms with van der Waals surface area (Å²) < 4.78 is 42.2. The van der Waals surface area contributed by atoms with Gasteiger partial charge in [-0.1, -0.05) is 11.3 Å². The fourth-order valence-electron chi connectivity index (χ4n) is 6.00. The highest BCUT2D eigenvalue weighted by molar-refractivity contribution is 7.13. The van der Waals surface area contributed by atoms with Gasteiger partial charge in [-0.05, 0) is 76.3 Å². The molecule has 2 aromatic heterocycles. The lowest BCUT2D eigenvalue weighted by atomic mass is 9.56. The molecule has 3 aliphatic carbocycles. The minimum Gasteiger partial charge on any atom is -0.460 e. The van der Waals surface area contributed by atoms with Crippen LogP contribution in [0, 0.1) is 12.3 Å². The number of hydrogen-bond acceptors (Lipinski definition) is 7. The molecule has 38 heavy (non-hydrogen) atoms. The van der Waals surface area contributed by atoms with Gasteiger partial charge in [-0.3, -0.25) is 4.79 Å². The number of aromatic nitrogens is 3. The Morgan fingerprint density at radius 1 is 1.13 bits per heavy atom. The SMILES string of the molecule is Cc1ncc(/C=C/C(=O)NC23CCC(CCN4CCc5nc(OCC(F)(F)F)sc5CC4)(CC2)CC3)cn1. The first-order valence-electron chi connectivity index (χ1n) is 13.3. The first-order valence-corrected chi connectivity index (χ1v) is 14.1.